The first-order valence-corrected chi connectivity index (χ1v) is 7.12. The minimum Gasteiger partial charge on any atom is -0.491 e. The van der Waals surface area contributed by atoms with Gasteiger partial charge in [-0.05, 0) is 29.8 Å². The summed E-state index contributed by atoms with van der Waals surface area (Å²) in [5.74, 6) is 0.665. The van der Waals surface area contributed by atoms with E-state index >= 15 is 0 Å². The first-order chi connectivity index (χ1) is 9.15. The van der Waals surface area contributed by atoms with E-state index in [1.165, 1.54) is 0 Å². The quantitative estimate of drug-likeness (QED) is 0.888. The molecule has 0 amide bonds. The largest absolute Gasteiger partial charge is 0.491 e. The number of halogens is 2. The molecule has 0 fully saturated rings. The van der Waals surface area contributed by atoms with Gasteiger partial charge in [-0.1, -0.05) is 51.8 Å². The van der Waals surface area contributed by atoms with Gasteiger partial charge in [0.25, 0.3) is 0 Å². The maximum atomic E-state index is 9.98. The van der Waals surface area contributed by atoms with E-state index in [1.54, 1.807) is 12.1 Å². The van der Waals surface area contributed by atoms with Crippen LogP contribution < -0.4 is 4.74 Å². The molecule has 19 heavy (non-hydrogen) atoms. The molecule has 0 spiro atoms. The van der Waals surface area contributed by atoms with Crippen molar-refractivity contribution in [1.29, 1.82) is 0 Å². The SMILES string of the molecule is OC(COc1cccc(Cl)c1)Cc1ccccc1Br. The molecule has 0 aliphatic rings. The lowest BCUT2D eigenvalue weighted by atomic mass is 10.1. The van der Waals surface area contributed by atoms with Crippen molar-refractivity contribution in [2.75, 3.05) is 6.61 Å². The van der Waals surface area contributed by atoms with Crippen LogP contribution in [0, 0.1) is 0 Å². The van der Waals surface area contributed by atoms with E-state index < -0.39 is 6.10 Å². The molecule has 1 atom stereocenters. The molecule has 0 saturated carbocycles. The Morgan fingerprint density at radius 3 is 2.68 bits per heavy atom. The van der Waals surface area contributed by atoms with Gasteiger partial charge in [0, 0.05) is 15.9 Å². The van der Waals surface area contributed by atoms with Crippen LogP contribution in [-0.2, 0) is 6.42 Å². The topological polar surface area (TPSA) is 29.5 Å². The fourth-order valence-corrected chi connectivity index (χ4v) is 2.35. The zero-order valence-electron chi connectivity index (χ0n) is 10.2. The Morgan fingerprint density at radius 1 is 1.16 bits per heavy atom. The summed E-state index contributed by atoms with van der Waals surface area (Å²) in [7, 11) is 0. The molecule has 100 valence electrons. The van der Waals surface area contributed by atoms with Crippen LogP contribution in [0.3, 0.4) is 0 Å². The van der Waals surface area contributed by atoms with E-state index in [0.717, 1.165) is 10.0 Å². The van der Waals surface area contributed by atoms with Crippen LogP contribution in [-0.4, -0.2) is 17.8 Å². The molecule has 0 aliphatic carbocycles. The summed E-state index contributed by atoms with van der Waals surface area (Å²) in [4.78, 5) is 0. The van der Waals surface area contributed by atoms with Gasteiger partial charge in [-0.25, -0.2) is 0 Å². The number of aliphatic hydroxyl groups is 1. The van der Waals surface area contributed by atoms with Gasteiger partial charge >= 0.3 is 0 Å². The lowest BCUT2D eigenvalue weighted by Gasteiger charge is -2.13. The van der Waals surface area contributed by atoms with Crippen LogP contribution in [0.2, 0.25) is 5.02 Å². The Labute approximate surface area is 126 Å². The molecule has 0 heterocycles. The van der Waals surface area contributed by atoms with Gasteiger partial charge in [0.15, 0.2) is 0 Å². The molecule has 2 nitrogen and oxygen atoms in total. The third kappa shape index (κ3) is 4.53. The van der Waals surface area contributed by atoms with Crippen LogP contribution in [0.5, 0.6) is 5.75 Å². The molecule has 2 aromatic carbocycles. The van der Waals surface area contributed by atoms with Crippen molar-refractivity contribution in [3.63, 3.8) is 0 Å². The standard InChI is InChI=1S/C15H14BrClO2/c16-15-7-2-1-4-11(15)8-13(18)10-19-14-6-3-5-12(17)9-14/h1-7,9,13,18H,8,10H2. The van der Waals surface area contributed by atoms with E-state index in [9.17, 15) is 5.11 Å². The van der Waals surface area contributed by atoms with E-state index in [-0.39, 0.29) is 6.61 Å². The minimum absolute atomic E-state index is 0.238. The molecular formula is C15H14BrClO2. The van der Waals surface area contributed by atoms with Gasteiger partial charge in [0.2, 0.25) is 0 Å². The summed E-state index contributed by atoms with van der Waals surface area (Å²) in [5, 5.41) is 10.6. The number of hydrogen-bond donors (Lipinski definition) is 1. The van der Waals surface area contributed by atoms with Crippen LogP contribution in [0.15, 0.2) is 53.0 Å². The fourth-order valence-electron chi connectivity index (χ4n) is 1.73. The van der Waals surface area contributed by atoms with Crippen molar-refractivity contribution in [3.8, 4) is 5.75 Å². The predicted octanol–water partition coefficient (Wildman–Crippen LogP) is 4.08. The predicted molar refractivity (Wildman–Crippen MR) is 80.8 cm³/mol. The van der Waals surface area contributed by atoms with Gasteiger partial charge in [0.1, 0.15) is 12.4 Å². The maximum absolute atomic E-state index is 9.98. The summed E-state index contributed by atoms with van der Waals surface area (Å²) in [6.07, 6.45) is -0.0141. The number of aliphatic hydroxyl groups excluding tert-OH is 1. The van der Waals surface area contributed by atoms with E-state index in [0.29, 0.717) is 17.2 Å². The van der Waals surface area contributed by atoms with Crippen molar-refractivity contribution >= 4 is 27.5 Å². The second-order valence-electron chi connectivity index (χ2n) is 4.22. The Bertz CT molecular complexity index is 545. The average molecular weight is 342 g/mol. The van der Waals surface area contributed by atoms with Crippen molar-refractivity contribution < 1.29 is 9.84 Å². The highest BCUT2D eigenvalue weighted by Crippen LogP contribution is 2.19. The Hall–Kier alpha value is -1.03. The first kappa shape index (κ1) is 14.4. The highest BCUT2D eigenvalue weighted by Gasteiger charge is 2.09. The van der Waals surface area contributed by atoms with Crippen LogP contribution in [0.1, 0.15) is 5.56 Å². The number of rotatable bonds is 5. The Balaban J connectivity index is 1.88. The molecule has 0 radical (unpaired) electrons. The molecule has 0 aromatic heterocycles. The minimum atomic E-state index is -0.558. The Morgan fingerprint density at radius 2 is 1.95 bits per heavy atom. The average Bonchev–Trinajstić information content (AvgIpc) is 2.39. The maximum Gasteiger partial charge on any atom is 0.120 e. The normalized spacial score (nSPS) is 12.2. The van der Waals surface area contributed by atoms with E-state index in [1.807, 2.05) is 36.4 Å². The monoisotopic (exact) mass is 340 g/mol. The first-order valence-electron chi connectivity index (χ1n) is 5.95. The van der Waals surface area contributed by atoms with Gasteiger partial charge < -0.3 is 9.84 Å². The van der Waals surface area contributed by atoms with Crippen molar-refractivity contribution in [1.82, 2.24) is 0 Å². The molecule has 1 unspecified atom stereocenters. The van der Waals surface area contributed by atoms with E-state index in [2.05, 4.69) is 15.9 Å². The zero-order valence-corrected chi connectivity index (χ0v) is 12.6. The highest BCUT2D eigenvalue weighted by atomic mass is 79.9. The smallest absolute Gasteiger partial charge is 0.120 e. The molecule has 0 bridgehead atoms. The highest BCUT2D eigenvalue weighted by molar-refractivity contribution is 9.10. The number of benzene rings is 2. The van der Waals surface area contributed by atoms with Crippen LogP contribution in [0.4, 0.5) is 0 Å². The van der Waals surface area contributed by atoms with Gasteiger partial charge in [-0.3, -0.25) is 0 Å². The third-order valence-corrected chi connectivity index (χ3v) is 3.66. The summed E-state index contributed by atoms with van der Waals surface area (Å²) < 4.78 is 6.51. The second-order valence-corrected chi connectivity index (χ2v) is 5.51. The summed E-state index contributed by atoms with van der Waals surface area (Å²) >= 11 is 9.32. The molecule has 1 N–H and O–H groups in total. The molecule has 0 aliphatic heterocycles. The molecule has 2 aromatic rings. The number of ether oxygens (including phenoxy) is 1. The van der Waals surface area contributed by atoms with Gasteiger partial charge in [-0.2, -0.15) is 0 Å². The molecule has 0 saturated heterocycles. The third-order valence-electron chi connectivity index (χ3n) is 2.65. The summed E-state index contributed by atoms with van der Waals surface area (Å²) in [6, 6.07) is 15.0. The summed E-state index contributed by atoms with van der Waals surface area (Å²) in [6.45, 7) is 0.238. The van der Waals surface area contributed by atoms with Crippen LogP contribution in [0.25, 0.3) is 0 Å². The second kappa shape index (κ2) is 6.94. The lowest BCUT2D eigenvalue weighted by molar-refractivity contribution is 0.107. The molecule has 2 rings (SSSR count). The number of hydrogen-bond acceptors (Lipinski definition) is 2. The fraction of sp³-hybridized carbons (Fsp3) is 0.200. The van der Waals surface area contributed by atoms with Crippen LogP contribution >= 0.6 is 27.5 Å². The molecular weight excluding hydrogens is 328 g/mol. The van der Waals surface area contributed by atoms with Gasteiger partial charge in [-0.15, -0.1) is 0 Å². The zero-order chi connectivity index (χ0) is 13.7. The lowest BCUT2D eigenvalue weighted by Crippen LogP contribution is -2.20. The van der Waals surface area contributed by atoms with Crippen molar-refractivity contribution in [2.24, 2.45) is 0 Å². The Kier molecular flexibility index (Phi) is 5.25. The molecule has 4 heteroatoms. The van der Waals surface area contributed by atoms with E-state index in [4.69, 9.17) is 16.3 Å². The van der Waals surface area contributed by atoms with Crippen molar-refractivity contribution in [3.05, 3.63) is 63.6 Å². The summed E-state index contributed by atoms with van der Waals surface area (Å²) in [5.41, 5.74) is 1.06. The van der Waals surface area contributed by atoms with Gasteiger partial charge in [0.05, 0.1) is 6.10 Å². The van der Waals surface area contributed by atoms with Crippen molar-refractivity contribution in [2.45, 2.75) is 12.5 Å².